The number of para-hydroxylation sites is 1. The summed E-state index contributed by atoms with van der Waals surface area (Å²) in [4.78, 5) is 12.2. The van der Waals surface area contributed by atoms with Gasteiger partial charge in [0, 0.05) is 6.07 Å². The number of aromatic nitrogens is 2. The van der Waals surface area contributed by atoms with Gasteiger partial charge in [-0.25, -0.2) is 22.6 Å². The SMILES string of the molecule is Cc1cc(NC(=O)NS(=O)(=O)Cc2ccccc2)n(-c2ccccc2)n1. The van der Waals surface area contributed by atoms with Crippen LogP contribution in [0.5, 0.6) is 0 Å². The van der Waals surface area contributed by atoms with Crippen molar-refractivity contribution in [3.05, 3.63) is 78.0 Å². The first kappa shape index (κ1) is 17.7. The number of rotatable bonds is 5. The van der Waals surface area contributed by atoms with Gasteiger partial charge in [0.15, 0.2) is 0 Å². The van der Waals surface area contributed by atoms with Crippen molar-refractivity contribution in [1.29, 1.82) is 0 Å². The smallest absolute Gasteiger partial charge is 0.291 e. The maximum atomic E-state index is 12.2. The topological polar surface area (TPSA) is 93.1 Å². The maximum Gasteiger partial charge on any atom is 0.334 e. The summed E-state index contributed by atoms with van der Waals surface area (Å²) in [6.45, 7) is 1.79. The lowest BCUT2D eigenvalue weighted by atomic mass is 10.2. The number of urea groups is 1. The Bertz CT molecular complexity index is 999. The van der Waals surface area contributed by atoms with Gasteiger partial charge in [0.2, 0.25) is 10.0 Å². The van der Waals surface area contributed by atoms with Crippen LogP contribution in [0.15, 0.2) is 66.7 Å². The summed E-state index contributed by atoms with van der Waals surface area (Å²) in [5, 5.41) is 6.87. The lowest BCUT2D eigenvalue weighted by molar-refractivity contribution is 0.256. The zero-order valence-corrected chi connectivity index (χ0v) is 14.9. The second-order valence-corrected chi connectivity index (χ2v) is 7.44. The van der Waals surface area contributed by atoms with Gasteiger partial charge in [-0.15, -0.1) is 0 Å². The molecule has 0 radical (unpaired) electrons. The van der Waals surface area contributed by atoms with Crippen LogP contribution in [0.2, 0.25) is 0 Å². The summed E-state index contributed by atoms with van der Waals surface area (Å²) in [5.74, 6) is 0.0965. The number of carbonyl (C=O) groups is 1. The summed E-state index contributed by atoms with van der Waals surface area (Å²) in [7, 11) is -3.82. The van der Waals surface area contributed by atoms with Crippen molar-refractivity contribution in [3.63, 3.8) is 0 Å². The number of aryl methyl sites for hydroxylation is 1. The van der Waals surface area contributed by atoms with E-state index in [-0.39, 0.29) is 5.75 Å². The molecule has 8 heteroatoms. The molecule has 0 fully saturated rings. The molecule has 0 aliphatic rings. The molecular weight excluding hydrogens is 352 g/mol. The number of anilines is 1. The number of hydrogen-bond acceptors (Lipinski definition) is 4. The predicted octanol–water partition coefficient (Wildman–Crippen LogP) is 2.83. The highest BCUT2D eigenvalue weighted by atomic mass is 32.2. The molecular formula is C18H18N4O3S. The lowest BCUT2D eigenvalue weighted by Gasteiger charge is -2.10. The Morgan fingerprint density at radius 2 is 1.65 bits per heavy atom. The van der Waals surface area contributed by atoms with E-state index in [1.165, 1.54) is 0 Å². The van der Waals surface area contributed by atoms with Crippen LogP contribution < -0.4 is 10.0 Å². The van der Waals surface area contributed by atoms with Gasteiger partial charge in [0.25, 0.3) is 0 Å². The zero-order chi connectivity index (χ0) is 18.6. The van der Waals surface area contributed by atoms with Crippen LogP contribution in [0.3, 0.4) is 0 Å². The van der Waals surface area contributed by atoms with E-state index in [4.69, 9.17) is 0 Å². The van der Waals surface area contributed by atoms with Gasteiger partial charge in [-0.2, -0.15) is 5.10 Å². The third-order valence-electron chi connectivity index (χ3n) is 3.52. The van der Waals surface area contributed by atoms with Gasteiger partial charge >= 0.3 is 6.03 Å². The van der Waals surface area contributed by atoms with Crippen LogP contribution in [0.4, 0.5) is 10.6 Å². The first-order valence-electron chi connectivity index (χ1n) is 7.90. The Morgan fingerprint density at radius 3 is 2.31 bits per heavy atom. The van der Waals surface area contributed by atoms with Gasteiger partial charge in [0.05, 0.1) is 17.1 Å². The molecule has 1 heterocycles. The Balaban J connectivity index is 1.73. The number of benzene rings is 2. The molecule has 2 amide bonds. The van der Waals surface area contributed by atoms with Crippen molar-refractivity contribution >= 4 is 21.9 Å². The van der Waals surface area contributed by atoms with Gasteiger partial charge < -0.3 is 0 Å². The second kappa shape index (κ2) is 7.40. The standard InChI is InChI=1S/C18H18N4O3S/c1-14-12-17(22(20-14)16-10-6-3-7-11-16)19-18(23)21-26(24,25)13-15-8-4-2-5-9-15/h2-12H,13H2,1H3,(H2,19,21,23). The third kappa shape index (κ3) is 4.48. The molecule has 7 nitrogen and oxygen atoms in total. The molecule has 0 atom stereocenters. The Morgan fingerprint density at radius 1 is 1.04 bits per heavy atom. The maximum absolute atomic E-state index is 12.2. The molecule has 0 aliphatic carbocycles. The Labute approximate surface area is 151 Å². The number of nitrogens with one attached hydrogen (secondary N) is 2. The molecule has 2 N–H and O–H groups in total. The zero-order valence-electron chi connectivity index (χ0n) is 14.1. The average molecular weight is 370 g/mol. The minimum absolute atomic E-state index is 0.280. The van der Waals surface area contributed by atoms with Crippen molar-refractivity contribution in [3.8, 4) is 5.69 Å². The normalized spacial score (nSPS) is 11.1. The molecule has 2 aromatic carbocycles. The van der Waals surface area contributed by atoms with Crippen molar-refractivity contribution in [2.45, 2.75) is 12.7 Å². The van der Waals surface area contributed by atoms with Gasteiger partial charge in [-0.05, 0) is 24.6 Å². The first-order valence-corrected chi connectivity index (χ1v) is 9.56. The molecule has 0 bridgehead atoms. The quantitative estimate of drug-likeness (QED) is 0.722. The molecule has 26 heavy (non-hydrogen) atoms. The highest BCUT2D eigenvalue weighted by Crippen LogP contribution is 2.16. The molecule has 0 aliphatic heterocycles. The van der Waals surface area contributed by atoms with Gasteiger partial charge in [-0.3, -0.25) is 5.32 Å². The molecule has 0 unspecified atom stereocenters. The fourth-order valence-corrected chi connectivity index (χ4v) is 3.50. The first-order chi connectivity index (χ1) is 12.4. The van der Waals surface area contributed by atoms with Gasteiger partial charge in [0.1, 0.15) is 5.82 Å². The number of amides is 2. The number of carbonyl (C=O) groups excluding carboxylic acids is 1. The minimum atomic E-state index is -3.82. The van der Waals surface area contributed by atoms with E-state index in [1.807, 2.05) is 35.1 Å². The van der Waals surface area contributed by atoms with E-state index in [0.29, 0.717) is 17.1 Å². The number of sulfonamides is 1. The van der Waals surface area contributed by atoms with Crippen molar-refractivity contribution in [2.75, 3.05) is 5.32 Å². The number of nitrogens with zero attached hydrogens (tertiary/aromatic N) is 2. The van der Waals surface area contributed by atoms with E-state index in [9.17, 15) is 13.2 Å². The third-order valence-corrected chi connectivity index (χ3v) is 4.73. The summed E-state index contributed by atoms with van der Waals surface area (Å²) >= 11 is 0. The van der Waals surface area contributed by atoms with Crippen LogP contribution in [-0.2, 0) is 15.8 Å². The van der Waals surface area contributed by atoms with Crippen LogP contribution in [-0.4, -0.2) is 24.2 Å². The van der Waals surface area contributed by atoms with E-state index in [1.54, 1.807) is 48.0 Å². The molecule has 0 spiro atoms. The second-order valence-electron chi connectivity index (χ2n) is 5.72. The average Bonchev–Trinajstić information content (AvgIpc) is 2.95. The molecule has 3 aromatic rings. The van der Waals surface area contributed by atoms with Crippen molar-refractivity contribution in [2.24, 2.45) is 0 Å². The summed E-state index contributed by atoms with van der Waals surface area (Å²) < 4.78 is 27.9. The van der Waals surface area contributed by atoms with E-state index in [0.717, 1.165) is 5.69 Å². The highest BCUT2D eigenvalue weighted by Gasteiger charge is 2.17. The van der Waals surface area contributed by atoms with Gasteiger partial charge in [-0.1, -0.05) is 48.5 Å². The van der Waals surface area contributed by atoms with Crippen molar-refractivity contribution < 1.29 is 13.2 Å². The Hall–Kier alpha value is -3.13. The summed E-state index contributed by atoms with van der Waals surface area (Å²) in [5.41, 5.74) is 2.04. The fourth-order valence-electron chi connectivity index (χ4n) is 2.47. The predicted molar refractivity (Wildman–Crippen MR) is 99.5 cm³/mol. The summed E-state index contributed by atoms with van der Waals surface area (Å²) in [6, 6.07) is 18.7. The van der Waals surface area contributed by atoms with Crippen LogP contribution in [0.25, 0.3) is 5.69 Å². The molecule has 0 saturated carbocycles. The minimum Gasteiger partial charge on any atom is -0.291 e. The highest BCUT2D eigenvalue weighted by molar-refractivity contribution is 7.89. The van der Waals surface area contributed by atoms with Crippen molar-refractivity contribution in [1.82, 2.24) is 14.5 Å². The lowest BCUT2D eigenvalue weighted by Crippen LogP contribution is -2.35. The Kier molecular flexibility index (Phi) is 5.04. The fraction of sp³-hybridized carbons (Fsp3) is 0.111. The van der Waals surface area contributed by atoms with E-state index < -0.39 is 16.1 Å². The van der Waals surface area contributed by atoms with E-state index in [2.05, 4.69) is 10.4 Å². The van der Waals surface area contributed by atoms with Crippen LogP contribution >= 0.6 is 0 Å². The molecule has 3 rings (SSSR count). The largest absolute Gasteiger partial charge is 0.334 e. The van der Waals surface area contributed by atoms with E-state index >= 15 is 0 Å². The van der Waals surface area contributed by atoms with Crippen LogP contribution in [0, 0.1) is 6.92 Å². The molecule has 1 aromatic heterocycles. The molecule has 134 valence electrons. The summed E-state index contributed by atoms with van der Waals surface area (Å²) in [6.07, 6.45) is 0. The molecule has 0 saturated heterocycles. The number of hydrogen-bond donors (Lipinski definition) is 2. The van der Waals surface area contributed by atoms with Crippen LogP contribution in [0.1, 0.15) is 11.3 Å². The monoisotopic (exact) mass is 370 g/mol.